The van der Waals surface area contributed by atoms with Gasteiger partial charge < -0.3 is 5.73 Å². The van der Waals surface area contributed by atoms with Gasteiger partial charge in [-0.3, -0.25) is 0 Å². The number of hydrogen-bond acceptors (Lipinski definition) is 2. The van der Waals surface area contributed by atoms with E-state index in [1.54, 1.807) is 24.3 Å². The van der Waals surface area contributed by atoms with E-state index in [1.165, 1.54) is 23.9 Å². The number of thioether (sulfide) groups is 1. The van der Waals surface area contributed by atoms with Crippen LogP contribution in [-0.4, -0.2) is 0 Å². The van der Waals surface area contributed by atoms with Crippen LogP contribution < -0.4 is 5.73 Å². The maximum atomic E-state index is 13.5. The quantitative estimate of drug-likeness (QED) is 0.657. The molecule has 0 heterocycles. The lowest BCUT2D eigenvalue weighted by Gasteiger charge is -2.06. The number of hydrogen-bond donors (Lipinski definition) is 1. The summed E-state index contributed by atoms with van der Waals surface area (Å²) in [5.41, 5.74) is 6.65. The van der Waals surface area contributed by atoms with Crippen molar-refractivity contribution in [2.75, 3.05) is 5.73 Å². The second kappa shape index (κ2) is 5.71. The fraction of sp³-hybridized carbons (Fsp3) is 0.0769. The molecule has 0 saturated heterocycles. The third-order valence-electron chi connectivity index (χ3n) is 2.37. The maximum absolute atomic E-state index is 13.5. The Morgan fingerprint density at radius 3 is 2.61 bits per heavy atom. The summed E-state index contributed by atoms with van der Waals surface area (Å²) in [6, 6.07) is 9.37. The predicted octanol–water partition coefficient (Wildman–Crippen LogP) is 4.60. The maximum Gasteiger partial charge on any atom is 0.138 e. The Morgan fingerprint density at radius 1 is 1.11 bits per heavy atom. The predicted molar refractivity (Wildman–Crippen MR) is 74.5 cm³/mol. The Morgan fingerprint density at radius 2 is 1.89 bits per heavy atom. The molecule has 0 amide bonds. The molecule has 0 aliphatic heterocycles. The van der Waals surface area contributed by atoms with Crippen molar-refractivity contribution in [1.82, 2.24) is 0 Å². The highest BCUT2D eigenvalue weighted by Crippen LogP contribution is 2.30. The van der Waals surface area contributed by atoms with E-state index in [0.29, 0.717) is 20.8 Å². The van der Waals surface area contributed by atoms with Crippen LogP contribution in [0.5, 0.6) is 0 Å². The number of nitrogens with two attached hydrogens (primary N) is 1. The Hall–Kier alpha value is -1.07. The van der Waals surface area contributed by atoms with Gasteiger partial charge in [0.1, 0.15) is 11.6 Å². The van der Waals surface area contributed by atoms with E-state index in [4.69, 9.17) is 5.73 Å². The smallest absolute Gasteiger partial charge is 0.138 e. The van der Waals surface area contributed by atoms with Crippen LogP contribution in [0.25, 0.3) is 0 Å². The fourth-order valence-electron chi connectivity index (χ4n) is 1.45. The summed E-state index contributed by atoms with van der Waals surface area (Å²) in [5, 5.41) is 0. The van der Waals surface area contributed by atoms with E-state index in [0.717, 1.165) is 5.56 Å². The average molecular weight is 330 g/mol. The van der Waals surface area contributed by atoms with E-state index in [-0.39, 0.29) is 11.6 Å². The van der Waals surface area contributed by atoms with Gasteiger partial charge >= 0.3 is 0 Å². The number of rotatable bonds is 3. The summed E-state index contributed by atoms with van der Waals surface area (Å²) in [6.45, 7) is 0. The van der Waals surface area contributed by atoms with E-state index >= 15 is 0 Å². The van der Waals surface area contributed by atoms with E-state index < -0.39 is 0 Å². The molecule has 0 unspecified atom stereocenters. The summed E-state index contributed by atoms with van der Waals surface area (Å²) in [6.07, 6.45) is 0. The zero-order chi connectivity index (χ0) is 13.1. The van der Waals surface area contributed by atoms with Gasteiger partial charge in [-0.2, -0.15) is 0 Å². The number of nitrogen functional groups attached to an aromatic ring is 1. The second-order valence-corrected chi connectivity index (χ2v) is 5.50. The molecule has 5 heteroatoms. The molecule has 1 nitrogen and oxygen atoms in total. The van der Waals surface area contributed by atoms with Crippen LogP contribution in [0.15, 0.2) is 45.8 Å². The van der Waals surface area contributed by atoms with Crippen LogP contribution in [-0.2, 0) is 5.75 Å². The first-order chi connectivity index (χ1) is 8.58. The molecule has 0 aliphatic carbocycles. The van der Waals surface area contributed by atoms with Gasteiger partial charge in [-0.05, 0) is 45.8 Å². The molecular weight excluding hydrogens is 320 g/mol. The lowest BCUT2D eigenvalue weighted by Crippen LogP contribution is -1.90. The van der Waals surface area contributed by atoms with Gasteiger partial charge in [-0.25, -0.2) is 8.78 Å². The monoisotopic (exact) mass is 329 g/mol. The lowest BCUT2D eigenvalue weighted by atomic mass is 10.2. The van der Waals surface area contributed by atoms with Crippen LogP contribution in [0.3, 0.4) is 0 Å². The third kappa shape index (κ3) is 3.03. The highest BCUT2D eigenvalue weighted by atomic mass is 79.9. The van der Waals surface area contributed by atoms with Gasteiger partial charge in [0.25, 0.3) is 0 Å². The molecule has 0 spiro atoms. The highest BCUT2D eigenvalue weighted by Gasteiger charge is 2.08. The fourth-order valence-corrected chi connectivity index (χ4v) is 2.95. The average Bonchev–Trinajstić information content (AvgIpc) is 2.33. The number of benzene rings is 2. The van der Waals surface area contributed by atoms with Crippen LogP contribution in [0.2, 0.25) is 0 Å². The third-order valence-corrected chi connectivity index (χ3v) is 4.36. The number of anilines is 1. The molecular formula is C13H10BrF2NS. The first kappa shape index (κ1) is 13.4. The minimum Gasteiger partial charge on any atom is -0.399 e. The molecule has 2 aromatic carbocycles. The van der Waals surface area contributed by atoms with Crippen molar-refractivity contribution in [1.29, 1.82) is 0 Å². The molecule has 2 N–H and O–H groups in total. The van der Waals surface area contributed by atoms with E-state index in [1.807, 2.05) is 0 Å². The summed E-state index contributed by atoms with van der Waals surface area (Å²) < 4.78 is 27.3. The molecule has 2 rings (SSSR count). The highest BCUT2D eigenvalue weighted by molar-refractivity contribution is 9.10. The van der Waals surface area contributed by atoms with Gasteiger partial charge in [-0.15, -0.1) is 11.8 Å². The second-order valence-electron chi connectivity index (χ2n) is 3.69. The Kier molecular flexibility index (Phi) is 4.24. The van der Waals surface area contributed by atoms with Gasteiger partial charge in [-0.1, -0.05) is 12.1 Å². The van der Waals surface area contributed by atoms with Gasteiger partial charge in [0, 0.05) is 16.3 Å². The number of halogens is 3. The van der Waals surface area contributed by atoms with E-state index in [9.17, 15) is 8.78 Å². The molecule has 18 heavy (non-hydrogen) atoms. The summed E-state index contributed by atoms with van der Waals surface area (Å²) in [7, 11) is 0. The van der Waals surface area contributed by atoms with Gasteiger partial charge in [0.15, 0.2) is 0 Å². The Labute approximate surface area is 117 Å². The van der Waals surface area contributed by atoms with E-state index in [2.05, 4.69) is 15.9 Å². The molecule has 94 valence electrons. The van der Waals surface area contributed by atoms with Crippen LogP contribution in [0.4, 0.5) is 14.5 Å². The van der Waals surface area contributed by atoms with Crippen molar-refractivity contribution < 1.29 is 8.78 Å². The van der Waals surface area contributed by atoms with Crippen molar-refractivity contribution >= 4 is 33.4 Å². The molecule has 2 aromatic rings. The zero-order valence-electron chi connectivity index (χ0n) is 9.29. The van der Waals surface area contributed by atoms with Crippen molar-refractivity contribution in [3.8, 4) is 0 Å². The molecule has 0 atom stereocenters. The van der Waals surface area contributed by atoms with Crippen molar-refractivity contribution in [3.63, 3.8) is 0 Å². The summed E-state index contributed by atoms with van der Waals surface area (Å²) in [4.78, 5) is 0.500. The van der Waals surface area contributed by atoms with Crippen LogP contribution >= 0.6 is 27.7 Å². The van der Waals surface area contributed by atoms with Crippen molar-refractivity contribution in [2.24, 2.45) is 0 Å². The molecule has 0 bridgehead atoms. The molecule has 0 saturated carbocycles. The van der Waals surface area contributed by atoms with Crippen molar-refractivity contribution in [3.05, 3.63) is 58.1 Å². The summed E-state index contributed by atoms with van der Waals surface area (Å²) >= 11 is 4.49. The minimum atomic E-state index is -0.354. The molecule has 0 aliphatic rings. The normalized spacial score (nSPS) is 10.6. The molecule has 0 aromatic heterocycles. The van der Waals surface area contributed by atoms with Gasteiger partial charge in [0.2, 0.25) is 0 Å². The van der Waals surface area contributed by atoms with Gasteiger partial charge in [0.05, 0.1) is 4.47 Å². The zero-order valence-corrected chi connectivity index (χ0v) is 11.7. The Balaban J connectivity index is 2.14. The van der Waals surface area contributed by atoms with Crippen LogP contribution in [0, 0.1) is 11.6 Å². The SMILES string of the molecule is Nc1ccc(SCc2cccc(F)c2Br)c(F)c1. The topological polar surface area (TPSA) is 26.0 Å². The largest absolute Gasteiger partial charge is 0.399 e. The lowest BCUT2D eigenvalue weighted by molar-refractivity contribution is 0.602. The van der Waals surface area contributed by atoms with Crippen LogP contribution in [0.1, 0.15) is 5.56 Å². The standard InChI is InChI=1S/C13H10BrF2NS/c14-13-8(2-1-3-10(13)15)7-18-12-5-4-9(17)6-11(12)16/h1-6H,7,17H2. The first-order valence-corrected chi connectivity index (χ1v) is 6.96. The molecule has 0 fully saturated rings. The summed E-state index contributed by atoms with van der Waals surface area (Å²) in [5.74, 6) is -0.183. The molecule has 0 radical (unpaired) electrons. The Bertz CT molecular complexity index is 575. The first-order valence-electron chi connectivity index (χ1n) is 5.18. The van der Waals surface area contributed by atoms with Crippen molar-refractivity contribution in [2.45, 2.75) is 10.6 Å². The minimum absolute atomic E-state index is 0.314.